The molecule has 174 valence electrons. The van der Waals surface area contributed by atoms with Crippen molar-refractivity contribution >= 4 is 28.2 Å². The van der Waals surface area contributed by atoms with Gasteiger partial charge in [-0.05, 0) is 67.4 Å². The monoisotopic (exact) mass is 436 g/mol. The second kappa shape index (κ2) is 11.0. The lowest BCUT2D eigenvalue weighted by molar-refractivity contribution is 0.204. The molecule has 2 aromatic rings. The summed E-state index contributed by atoms with van der Waals surface area (Å²) in [7, 11) is 1.63. The summed E-state index contributed by atoms with van der Waals surface area (Å²) < 4.78 is 0. The average molecular weight is 437 g/mol. The van der Waals surface area contributed by atoms with Gasteiger partial charge in [-0.3, -0.25) is 5.32 Å². The van der Waals surface area contributed by atoms with Crippen molar-refractivity contribution in [1.29, 1.82) is 0 Å². The fourth-order valence-electron chi connectivity index (χ4n) is 5.71. The van der Waals surface area contributed by atoms with E-state index in [1.807, 2.05) is 12.1 Å². The van der Waals surface area contributed by atoms with Crippen LogP contribution in [0.3, 0.4) is 0 Å². The predicted molar refractivity (Wildman–Crippen MR) is 135 cm³/mol. The van der Waals surface area contributed by atoms with E-state index in [0.29, 0.717) is 6.04 Å². The third-order valence-electron chi connectivity index (χ3n) is 7.70. The van der Waals surface area contributed by atoms with Gasteiger partial charge in [0.1, 0.15) is 0 Å². The molecule has 0 heterocycles. The van der Waals surface area contributed by atoms with Crippen molar-refractivity contribution in [3.63, 3.8) is 0 Å². The van der Waals surface area contributed by atoms with Gasteiger partial charge in [-0.25, -0.2) is 4.79 Å². The molecule has 2 aromatic carbocycles. The summed E-state index contributed by atoms with van der Waals surface area (Å²) in [5.74, 6) is 2.89. The van der Waals surface area contributed by atoms with E-state index in [-0.39, 0.29) is 6.03 Å². The standard InChI is InChI=1S/C27H40N4O/c1-19-9-11-20(12-10-19)17-21-13-15-23(16-14-21)29-18-30-24-7-3-5-22-6-4-8-25(26(22)24)31-27(32)28-2/h3-8,19-21,23,29-30H,9-18H2,1-2H3,(H2,28,31,32). The van der Waals surface area contributed by atoms with Gasteiger partial charge >= 0.3 is 6.03 Å². The van der Waals surface area contributed by atoms with Gasteiger partial charge in [0, 0.05) is 24.2 Å². The average Bonchev–Trinajstić information content (AvgIpc) is 2.82. The first-order valence-corrected chi connectivity index (χ1v) is 12.6. The van der Waals surface area contributed by atoms with E-state index in [4.69, 9.17) is 0 Å². The third kappa shape index (κ3) is 5.94. The minimum Gasteiger partial charge on any atom is -0.372 e. The molecule has 0 atom stereocenters. The number of hydrogen-bond acceptors (Lipinski definition) is 3. The second-order valence-corrected chi connectivity index (χ2v) is 10.1. The molecule has 0 aliphatic heterocycles. The maximum absolute atomic E-state index is 11.9. The Kier molecular flexibility index (Phi) is 7.90. The number of carbonyl (C=O) groups excluding carboxylic acids is 1. The molecule has 0 saturated heterocycles. The fourth-order valence-corrected chi connectivity index (χ4v) is 5.71. The molecule has 2 fully saturated rings. The largest absolute Gasteiger partial charge is 0.372 e. The lowest BCUT2D eigenvalue weighted by atomic mass is 9.75. The van der Waals surface area contributed by atoms with E-state index in [1.165, 1.54) is 57.8 Å². The van der Waals surface area contributed by atoms with E-state index in [1.54, 1.807) is 7.05 Å². The molecule has 4 N–H and O–H groups in total. The summed E-state index contributed by atoms with van der Waals surface area (Å²) in [6, 6.07) is 12.6. The minimum atomic E-state index is -0.204. The van der Waals surface area contributed by atoms with E-state index >= 15 is 0 Å². The summed E-state index contributed by atoms with van der Waals surface area (Å²) >= 11 is 0. The van der Waals surface area contributed by atoms with Crippen LogP contribution in [0.2, 0.25) is 0 Å². The summed E-state index contributed by atoms with van der Waals surface area (Å²) in [5, 5.41) is 15.0. The maximum atomic E-state index is 11.9. The van der Waals surface area contributed by atoms with Crippen LogP contribution in [0.1, 0.15) is 64.7 Å². The van der Waals surface area contributed by atoms with Crippen LogP contribution >= 0.6 is 0 Å². The molecule has 32 heavy (non-hydrogen) atoms. The van der Waals surface area contributed by atoms with Gasteiger partial charge in [0.15, 0.2) is 0 Å². The maximum Gasteiger partial charge on any atom is 0.318 e. The number of amides is 2. The normalized spacial score (nSPS) is 25.9. The van der Waals surface area contributed by atoms with Crippen molar-refractivity contribution in [3.8, 4) is 0 Å². The van der Waals surface area contributed by atoms with Crippen LogP contribution in [-0.4, -0.2) is 25.8 Å². The molecule has 5 heteroatoms. The molecule has 4 rings (SSSR count). The summed E-state index contributed by atoms with van der Waals surface area (Å²) in [4.78, 5) is 11.9. The Balaban J connectivity index is 1.26. The first-order chi connectivity index (χ1) is 15.6. The van der Waals surface area contributed by atoms with Crippen LogP contribution in [0.4, 0.5) is 16.2 Å². The number of carbonyl (C=O) groups is 1. The Bertz CT molecular complexity index is 877. The highest BCUT2D eigenvalue weighted by atomic mass is 16.2. The van der Waals surface area contributed by atoms with E-state index in [9.17, 15) is 4.79 Å². The zero-order valence-electron chi connectivity index (χ0n) is 19.8. The zero-order chi connectivity index (χ0) is 22.3. The van der Waals surface area contributed by atoms with Gasteiger partial charge in [0.05, 0.1) is 12.4 Å². The highest BCUT2D eigenvalue weighted by Crippen LogP contribution is 2.37. The van der Waals surface area contributed by atoms with Crippen LogP contribution < -0.4 is 21.3 Å². The summed E-state index contributed by atoms with van der Waals surface area (Å²) in [6.07, 6.45) is 12.6. The third-order valence-corrected chi connectivity index (χ3v) is 7.70. The second-order valence-electron chi connectivity index (χ2n) is 10.1. The lowest BCUT2D eigenvalue weighted by Gasteiger charge is -2.34. The molecule has 5 nitrogen and oxygen atoms in total. The van der Waals surface area contributed by atoms with Crippen molar-refractivity contribution < 1.29 is 4.79 Å². The Morgan fingerprint density at radius 1 is 0.875 bits per heavy atom. The van der Waals surface area contributed by atoms with Crippen LogP contribution in [0.15, 0.2) is 36.4 Å². The van der Waals surface area contributed by atoms with Crippen LogP contribution in [0, 0.1) is 17.8 Å². The SMILES string of the molecule is CNC(=O)Nc1cccc2cccc(NCNC3CCC(CC4CCC(C)CC4)CC3)c12. The van der Waals surface area contributed by atoms with Crippen molar-refractivity contribution in [2.24, 2.45) is 17.8 Å². The number of nitrogens with one attached hydrogen (secondary N) is 4. The molecule has 2 saturated carbocycles. The Morgan fingerprint density at radius 2 is 1.50 bits per heavy atom. The molecule has 0 bridgehead atoms. The fraction of sp³-hybridized carbons (Fsp3) is 0.593. The van der Waals surface area contributed by atoms with Crippen molar-refractivity contribution in [3.05, 3.63) is 36.4 Å². The predicted octanol–water partition coefficient (Wildman–Crippen LogP) is 6.33. The molecule has 0 unspecified atom stereocenters. The number of hydrogen-bond donors (Lipinski definition) is 4. The number of benzene rings is 2. The first-order valence-electron chi connectivity index (χ1n) is 12.6. The van der Waals surface area contributed by atoms with Gasteiger partial charge in [-0.15, -0.1) is 0 Å². The summed E-state index contributed by atoms with van der Waals surface area (Å²) in [5.41, 5.74) is 1.87. The number of anilines is 2. The first kappa shape index (κ1) is 22.9. The van der Waals surface area contributed by atoms with E-state index < -0.39 is 0 Å². The quantitative estimate of drug-likeness (QED) is 0.384. The summed E-state index contributed by atoms with van der Waals surface area (Å²) in [6.45, 7) is 3.15. The van der Waals surface area contributed by atoms with Gasteiger partial charge in [0.25, 0.3) is 0 Å². The smallest absolute Gasteiger partial charge is 0.318 e. The minimum absolute atomic E-state index is 0.204. The molecular formula is C27H40N4O. The molecule has 2 aliphatic carbocycles. The van der Waals surface area contributed by atoms with Crippen LogP contribution in [0.5, 0.6) is 0 Å². The van der Waals surface area contributed by atoms with Crippen molar-refractivity contribution in [2.45, 2.75) is 70.8 Å². The molecular weight excluding hydrogens is 396 g/mol. The van der Waals surface area contributed by atoms with Crippen LogP contribution in [-0.2, 0) is 0 Å². The molecule has 0 radical (unpaired) electrons. The van der Waals surface area contributed by atoms with Gasteiger partial charge in [-0.1, -0.05) is 56.9 Å². The van der Waals surface area contributed by atoms with Gasteiger partial charge in [-0.2, -0.15) is 0 Å². The van der Waals surface area contributed by atoms with Gasteiger partial charge < -0.3 is 16.0 Å². The number of rotatable bonds is 7. The molecule has 0 aromatic heterocycles. The van der Waals surface area contributed by atoms with Crippen molar-refractivity contribution in [1.82, 2.24) is 10.6 Å². The zero-order valence-corrected chi connectivity index (χ0v) is 19.8. The van der Waals surface area contributed by atoms with Crippen molar-refractivity contribution in [2.75, 3.05) is 24.3 Å². The van der Waals surface area contributed by atoms with Crippen LogP contribution in [0.25, 0.3) is 10.8 Å². The Labute approximate surface area is 193 Å². The lowest BCUT2D eigenvalue weighted by Crippen LogP contribution is -2.36. The van der Waals surface area contributed by atoms with E-state index in [2.05, 4.69) is 52.5 Å². The Morgan fingerprint density at radius 3 is 2.16 bits per heavy atom. The number of urea groups is 1. The molecule has 2 aliphatic rings. The van der Waals surface area contributed by atoms with Gasteiger partial charge in [0.2, 0.25) is 0 Å². The highest BCUT2D eigenvalue weighted by Gasteiger charge is 2.25. The van der Waals surface area contributed by atoms with E-state index in [0.717, 1.165) is 46.6 Å². The topological polar surface area (TPSA) is 65.2 Å². The molecule has 2 amide bonds. The Hall–Kier alpha value is -2.27. The number of fused-ring (bicyclic) bond motifs is 1. The highest BCUT2D eigenvalue weighted by molar-refractivity contribution is 6.07. The molecule has 0 spiro atoms.